The van der Waals surface area contributed by atoms with Gasteiger partial charge in [0, 0.05) is 12.6 Å². The second-order valence-corrected chi connectivity index (χ2v) is 4.35. The van der Waals surface area contributed by atoms with Gasteiger partial charge < -0.3 is 10.1 Å². The molecule has 0 aliphatic heterocycles. The quantitative estimate of drug-likeness (QED) is 0.605. The molecule has 0 amide bonds. The van der Waals surface area contributed by atoms with Gasteiger partial charge in [0.1, 0.15) is 0 Å². The molecular formula is C14H20N2O. The Hall–Kier alpha value is -1.35. The summed E-state index contributed by atoms with van der Waals surface area (Å²) in [6.45, 7) is 1.84. The van der Waals surface area contributed by atoms with Crippen LogP contribution in [0.2, 0.25) is 0 Å². The first kappa shape index (κ1) is 12.1. The summed E-state index contributed by atoms with van der Waals surface area (Å²) < 4.78 is 5.09. The Kier molecular flexibility index (Phi) is 4.56. The molecule has 17 heavy (non-hydrogen) atoms. The molecule has 1 aliphatic rings. The van der Waals surface area contributed by atoms with Gasteiger partial charge in [0.05, 0.1) is 12.8 Å². The average molecular weight is 232 g/mol. The van der Waals surface area contributed by atoms with E-state index in [1.165, 1.54) is 25.7 Å². The zero-order chi connectivity index (χ0) is 11.9. The lowest BCUT2D eigenvalue weighted by atomic mass is 10.2. The third-order valence-electron chi connectivity index (χ3n) is 3.05. The lowest BCUT2D eigenvalue weighted by molar-refractivity contribution is 0.395. The lowest BCUT2D eigenvalue weighted by Crippen LogP contribution is -2.16. The van der Waals surface area contributed by atoms with E-state index >= 15 is 0 Å². The normalized spacial score (nSPS) is 14.8. The molecule has 1 heterocycles. The van der Waals surface area contributed by atoms with Crippen molar-refractivity contribution in [3.05, 3.63) is 35.5 Å². The first-order chi connectivity index (χ1) is 8.38. The Morgan fingerprint density at radius 2 is 2.35 bits per heavy atom. The zero-order valence-electron chi connectivity index (χ0n) is 10.4. The van der Waals surface area contributed by atoms with E-state index in [2.05, 4.69) is 16.4 Å². The van der Waals surface area contributed by atoms with Gasteiger partial charge in [-0.05, 0) is 38.3 Å². The van der Waals surface area contributed by atoms with Gasteiger partial charge in [0.2, 0.25) is 5.88 Å². The number of ether oxygens (including phenoxy) is 1. The summed E-state index contributed by atoms with van der Waals surface area (Å²) in [7, 11) is 1.64. The molecule has 92 valence electrons. The van der Waals surface area contributed by atoms with Crippen molar-refractivity contribution in [1.29, 1.82) is 0 Å². The van der Waals surface area contributed by atoms with E-state index in [-0.39, 0.29) is 0 Å². The highest BCUT2D eigenvalue weighted by Crippen LogP contribution is 2.19. The molecule has 3 nitrogen and oxygen atoms in total. The molecular weight excluding hydrogens is 212 g/mol. The molecule has 0 fully saturated rings. The van der Waals surface area contributed by atoms with Crippen molar-refractivity contribution < 1.29 is 4.74 Å². The smallest absolute Gasteiger partial charge is 0.213 e. The number of allylic oxidation sites excluding steroid dienone is 1. The highest BCUT2D eigenvalue weighted by atomic mass is 16.5. The summed E-state index contributed by atoms with van der Waals surface area (Å²) >= 11 is 0. The van der Waals surface area contributed by atoms with Gasteiger partial charge >= 0.3 is 0 Å². The van der Waals surface area contributed by atoms with Crippen LogP contribution in [0.5, 0.6) is 5.88 Å². The van der Waals surface area contributed by atoms with Crippen LogP contribution in [0.4, 0.5) is 0 Å². The number of hydrogen-bond acceptors (Lipinski definition) is 3. The van der Waals surface area contributed by atoms with Crippen LogP contribution < -0.4 is 10.1 Å². The maximum absolute atomic E-state index is 5.09. The lowest BCUT2D eigenvalue weighted by Gasteiger charge is -2.06. The van der Waals surface area contributed by atoms with Crippen molar-refractivity contribution in [2.75, 3.05) is 13.7 Å². The number of aromatic nitrogens is 1. The predicted octanol–water partition coefficient (Wildman–Crippen LogP) is 2.68. The van der Waals surface area contributed by atoms with Crippen LogP contribution in [0.15, 0.2) is 29.8 Å². The monoisotopic (exact) mass is 232 g/mol. The van der Waals surface area contributed by atoms with Crippen molar-refractivity contribution >= 4 is 0 Å². The maximum Gasteiger partial charge on any atom is 0.213 e. The highest BCUT2D eigenvalue weighted by molar-refractivity contribution is 5.15. The fraction of sp³-hybridized carbons (Fsp3) is 0.500. The van der Waals surface area contributed by atoms with E-state index < -0.39 is 0 Å². The Morgan fingerprint density at radius 3 is 3.12 bits per heavy atom. The summed E-state index contributed by atoms with van der Waals surface area (Å²) in [5.41, 5.74) is 2.64. The van der Waals surface area contributed by atoms with Crippen LogP contribution in [-0.2, 0) is 6.54 Å². The number of methoxy groups -OCH3 is 1. The Labute approximate surface area is 103 Å². The van der Waals surface area contributed by atoms with E-state index in [9.17, 15) is 0 Å². The summed E-state index contributed by atoms with van der Waals surface area (Å²) in [5.74, 6) is 0.683. The topological polar surface area (TPSA) is 34.1 Å². The third-order valence-corrected chi connectivity index (χ3v) is 3.05. The Balaban J connectivity index is 1.70. The minimum absolute atomic E-state index is 0.683. The molecule has 0 unspecified atom stereocenters. The molecule has 1 N–H and O–H groups in total. The molecule has 1 aromatic heterocycles. The van der Waals surface area contributed by atoms with Gasteiger partial charge in [-0.25, -0.2) is 4.98 Å². The van der Waals surface area contributed by atoms with Gasteiger partial charge in [0.25, 0.3) is 0 Å². The molecule has 2 rings (SSSR count). The van der Waals surface area contributed by atoms with E-state index in [0.717, 1.165) is 18.8 Å². The minimum atomic E-state index is 0.683. The van der Waals surface area contributed by atoms with Gasteiger partial charge in [-0.15, -0.1) is 0 Å². The third kappa shape index (κ3) is 3.86. The number of pyridine rings is 1. The van der Waals surface area contributed by atoms with Crippen LogP contribution in [0.1, 0.15) is 31.4 Å². The van der Waals surface area contributed by atoms with Crippen LogP contribution in [0.25, 0.3) is 0 Å². The standard InChI is InChI=1S/C14H20N2O/c1-17-14-8-4-7-13(16-14)11-15-10-9-12-5-2-3-6-12/h4-5,7-8,15H,2-3,6,9-11H2,1H3. The Morgan fingerprint density at radius 1 is 1.41 bits per heavy atom. The second kappa shape index (κ2) is 6.40. The molecule has 0 saturated carbocycles. The largest absolute Gasteiger partial charge is 0.481 e. The highest BCUT2D eigenvalue weighted by Gasteiger charge is 2.03. The molecule has 0 radical (unpaired) electrons. The van der Waals surface area contributed by atoms with Crippen LogP contribution in [0.3, 0.4) is 0 Å². The summed E-state index contributed by atoms with van der Waals surface area (Å²) in [6, 6.07) is 5.86. The van der Waals surface area contributed by atoms with Crippen molar-refractivity contribution in [3.63, 3.8) is 0 Å². The van der Waals surface area contributed by atoms with Crippen LogP contribution in [-0.4, -0.2) is 18.6 Å². The number of rotatable bonds is 6. The predicted molar refractivity (Wildman–Crippen MR) is 69.0 cm³/mol. The number of nitrogens with zero attached hydrogens (tertiary/aromatic N) is 1. The fourth-order valence-electron chi connectivity index (χ4n) is 2.10. The molecule has 0 spiro atoms. The van der Waals surface area contributed by atoms with Crippen molar-refractivity contribution in [3.8, 4) is 5.88 Å². The average Bonchev–Trinajstić information content (AvgIpc) is 2.88. The molecule has 0 aromatic carbocycles. The minimum Gasteiger partial charge on any atom is -0.481 e. The van der Waals surface area contributed by atoms with Gasteiger partial charge in [-0.1, -0.05) is 17.7 Å². The molecule has 0 atom stereocenters. The molecule has 1 aliphatic carbocycles. The second-order valence-electron chi connectivity index (χ2n) is 4.35. The fourth-order valence-corrected chi connectivity index (χ4v) is 2.10. The summed E-state index contributed by atoms with van der Waals surface area (Å²) in [5, 5.41) is 3.42. The van der Waals surface area contributed by atoms with E-state index in [0.29, 0.717) is 5.88 Å². The molecule has 3 heteroatoms. The van der Waals surface area contributed by atoms with E-state index in [4.69, 9.17) is 4.74 Å². The molecule has 0 saturated heterocycles. The first-order valence-corrected chi connectivity index (χ1v) is 6.27. The summed E-state index contributed by atoms with van der Waals surface area (Å²) in [4.78, 5) is 4.36. The van der Waals surface area contributed by atoms with Crippen molar-refractivity contribution in [1.82, 2.24) is 10.3 Å². The number of nitrogens with one attached hydrogen (secondary N) is 1. The first-order valence-electron chi connectivity index (χ1n) is 6.27. The summed E-state index contributed by atoms with van der Waals surface area (Å²) in [6.07, 6.45) is 7.45. The van der Waals surface area contributed by atoms with E-state index in [1.54, 1.807) is 12.7 Å². The molecule has 1 aromatic rings. The Bertz CT molecular complexity index is 388. The van der Waals surface area contributed by atoms with E-state index in [1.807, 2.05) is 18.2 Å². The van der Waals surface area contributed by atoms with Gasteiger partial charge in [0.15, 0.2) is 0 Å². The van der Waals surface area contributed by atoms with Crippen LogP contribution in [0, 0.1) is 0 Å². The van der Waals surface area contributed by atoms with Crippen molar-refractivity contribution in [2.24, 2.45) is 0 Å². The molecule has 0 bridgehead atoms. The van der Waals surface area contributed by atoms with Crippen molar-refractivity contribution in [2.45, 2.75) is 32.2 Å². The SMILES string of the molecule is COc1cccc(CNCCC2=CCCC2)n1. The van der Waals surface area contributed by atoms with Gasteiger partial charge in [-0.2, -0.15) is 0 Å². The zero-order valence-corrected chi connectivity index (χ0v) is 10.4. The number of hydrogen-bond donors (Lipinski definition) is 1. The van der Waals surface area contributed by atoms with Gasteiger partial charge in [-0.3, -0.25) is 0 Å². The maximum atomic E-state index is 5.09. The van der Waals surface area contributed by atoms with Crippen LogP contribution >= 0.6 is 0 Å².